The van der Waals surface area contributed by atoms with E-state index in [1.165, 1.54) is 11.0 Å². The van der Waals surface area contributed by atoms with Crippen LogP contribution in [0.5, 0.6) is 11.5 Å². The molecule has 1 saturated carbocycles. The van der Waals surface area contributed by atoms with Crippen LogP contribution >= 0.6 is 0 Å². The third kappa shape index (κ3) is 6.51. The van der Waals surface area contributed by atoms with Crippen LogP contribution in [0.25, 0.3) is 22.3 Å². The highest BCUT2D eigenvalue weighted by Gasteiger charge is 2.45. The van der Waals surface area contributed by atoms with Crippen molar-refractivity contribution in [2.75, 3.05) is 43.2 Å². The van der Waals surface area contributed by atoms with Crippen LogP contribution < -0.4 is 20.7 Å². The van der Waals surface area contributed by atoms with Crippen LogP contribution in [0.3, 0.4) is 0 Å². The van der Waals surface area contributed by atoms with E-state index in [9.17, 15) is 19.2 Å². The fourth-order valence-corrected chi connectivity index (χ4v) is 7.71. The molecule has 4 unspecified atom stereocenters. The van der Waals surface area contributed by atoms with Crippen LogP contribution in [-0.4, -0.2) is 97.9 Å². The number of carbonyl (C=O) groups is 4. The molecule has 0 radical (unpaired) electrons. The fourth-order valence-electron chi connectivity index (χ4n) is 7.71. The number of benzene rings is 3. The van der Waals surface area contributed by atoms with Gasteiger partial charge in [0.25, 0.3) is 11.8 Å². The summed E-state index contributed by atoms with van der Waals surface area (Å²) >= 11 is 0. The lowest BCUT2D eigenvalue weighted by Gasteiger charge is -2.39. The molecule has 2 saturated heterocycles. The van der Waals surface area contributed by atoms with Gasteiger partial charge in [0.2, 0.25) is 11.8 Å². The maximum Gasteiger partial charge on any atom is 0.262 e. The molecule has 3 aliphatic heterocycles. The molecular formula is C41H40FN9O5. The SMILES string of the molecule is [2H]C1([2H])N(CC2CCC(n3nc(-c4ccc(Oc5ccccc5)cc4)c4c(N)ncnc43)C(F)C2)C([2H])([2H])C([2H])([2H])N(c2ccc3c(c2)C(=O)N(C2CCC(=O)NC2=O)C3=O)C1([2H])[2H]. The number of piperazine rings is 1. The molecule has 286 valence electrons. The van der Waals surface area contributed by atoms with Gasteiger partial charge in [-0.3, -0.25) is 34.3 Å². The van der Waals surface area contributed by atoms with Gasteiger partial charge < -0.3 is 15.4 Å². The minimum Gasteiger partial charge on any atom is -0.457 e. The second-order valence-corrected chi connectivity index (χ2v) is 14.0. The Hall–Kier alpha value is -6.22. The second kappa shape index (κ2) is 14.5. The van der Waals surface area contributed by atoms with E-state index in [-0.39, 0.29) is 59.6 Å². The normalized spacial score (nSPS) is 28.8. The number of aromatic nitrogens is 4. The third-order valence-corrected chi connectivity index (χ3v) is 10.5. The van der Waals surface area contributed by atoms with E-state index in [2.05, 4.69) is 15.3 Å². The molecule has 5 aromatic rings. The molecule has 56 heavy (non-hydrogen) atoms. The van der Waals surface area contributed by atoms with Crippen LogP contribution in [0.1, 0.15) is 69.8 Å². The van der Waals surface area contributed by atoms with Gasteiger partial charge in [0.1, 0.15) is 41.6 Å². The third-order valence-electron chi connectivity index (χ3n) is 10.5. The van der Waals surface area contributed by atoms with Crippen LogP contribution in [-0.2, 0) is 9.59 Å². The van der Waals surface area contributed by atoms with E-state index in [0.717, 1.165) is 18.2 Å². The number of para-hydroxylation sites is 1. The Kier molecular flexibility index (Phi) is 7.06. The number of nitrogens with zero attached hydrogens (tertiary/aromatic N) is 7. The molecule has 2 aromatic heterocycles. The van der Waals surface area contributed by atoms with Crippen molar-refractivity contribution in [2.45, 2.75) is 50.4 Å². The molecule has 1 aliphatic carbocycles. The Morgan fingerprint density at radius 3 is 2.38 bits per heavy atom. The zero-order valence-corrected chi connectivity index (χ0v) is 29.7. The number of nitrogens with two attached hydrogens (primary N) is 1. The zero-order chi connectivity index (χ0) is 45.7. The van der Waals surface area contributed by atoms with Gasteiger partial charge in [-0.25, -0.2) is 19.0 Å². The minimum absolute atomic E-state index is 0.124. The number of carbonyl (C=O) groups excluding carboxylic acids is 4. The van der Waals surface area contributed by atoms with E-state index in [0.29, 0.717) is 37.9 Å². The molecular weight excluding hydrogens is 718 g/mol. The van der Waals surface area contributed by atoms with Crippen molar-refractivity contribution >= 4 is 46.2 Å². The van der Waals surface area contributed by atoms with Gasteiger partial charge >= 0.3 is 0 Å². The summed E-state index contributed by atoms with van der Waals surface area (Å²) in [6.07, 6.45) is -0.573. The molecule has 0 bridgehead atoms. The number of fused-ring (bicyclic) bond motifs is 2. The Bertz CT molecular complexity index is 2700. The predicted molar refractivity (Wildman–Crippen MR) is 205 cm³/mol. The number of anilines is 2. The Labute approximate surface area is 332 Å². The molecule has 3 N–H and O–H groups in total. The van der Waals surface area contributed by atoms with Crippen LogP contribution in [0.4, 0.5) is 15.9 Å². The summed E-state index contributed by atoms with van der Waals surface area (Å²) in [5.41, 5.74) is 6.66. The van der Waals surface area contributed by atoms with E-state index >= 15 is 4.39 Å². The van der Waals surface area contributed by atoms with Crippen molar-refractivity contribution in [3.8, 4) is 22.8 Å². The summed E-state index contributed by atoms with van der Waals surface area (Å²) < 4.78 is 96.4. The van der Waals surface area contributed by atoms with Crippen molar-refractivity contribution in [1.82, 2.24) is 34.9 Å². The topological polar surface area (TPSA) is 169 Å². The molecule has 4 amide bonds. The lowest BCUT2D eigenvalue weighted by Crippen LogP contribution is -2.54. The Morgan fingerprint density at radius 1 is 0.875 bits per heavy atom. The van der Waals surface area contributed by atoms with Crippen molar-refractivity contribution in [3.05, 3.63) is 90.3 Å². The summed E-state index contributed by atoms with van der Waals surface area (Å²) in [7, 11) is 0. The highest BCUT2D eigenvalue weighted by atomic mass is 19.1. The largest absolute Gasteiger partial charge is 0.457 e. The van der Waals surface area contributed by atoms with Crippen LogP contribution in [0, 0.1) is 5.92 Å². The highest BCUT2D eigenvalue weighted by molar-refractivity contribution is 6.23. The molecule has 0 spiro atoms. The molecule has 4 atom stereocenters. The van der Waals surface area contributed by atoms with Gasteiger partial charge in [0.15, 0.2) is 5.65 Å². The van der Waals surface area contributed by atoms with Gasteiger partial charge in [-0.1, -0.05) is 18.2 Å². The van der Waals surface area contributed by atoms with Crippen molar-refractivity contribution in [2.24, 2.45) is 5.92 Å². The van der Waals surface area contributed by atoms with Crippen molar-refractivity contribution < 1.29 is 39.3 Å². The van der Waals surface area contributed by atoms with E-state index in [1.807, 2.05) is 30.3 Å². The molecule has 14 nitrogen and oxygen atoms in total. The number of hydrogen-bond acceptors (Lipinski definition) is 11. The lowest BCUT2D eigenvalue weighted by atomic mass is 9.84. The summed E-state index contributed by atoms with van der Waals surface area (Å²) in [4.78, 5) is 61.2. The van der Waals surface area contributed by atoms with Gasteiger partial charge in [0, 0.05) is 55.7 Å². The Balaban J connectivity index is 0.950. The van der Waals surface area contributed by atoms with Crippen molar-refractivity contribution in [1.29, 1.82) is 0 Å². The number of imide groups is 2. The number of nitrogens with one attached hydrogen (secondary N) is 1. The van der Waals surface area contributed by atoms with E-state index < -0.39 is 86.0 Å². The van der Waals surface area contributed by atoms with Crippen molar-refractivity contribution in [3.63, 3.8) is 0 Å². The summed E-state index contributed by atoms with van der Waals surface area (Å²) in [6, 6.07) is 17.2. The zero-order valence-electron chi connectivity index (χ0n) is 37.7. The van der Waals surface area contributed by atoms with E-state index in [4.69, 9.17) is 26.5 Å². The number of nitrogen functional groups attached to an aromatic ring is 1. The van der Waals surface area contributed by atoms with Gasteiger partial charge in [0.05, 0.1) is 28.0 Å². The van der Waals surface area contributed by atoms with E-state index in [1.54, 1.807) is 24.3 Å². The minimum atomic E-state index is -3.34. The van der Waals surface area contributed by atoms with Gasteiger partial charge in [-0.15, -0.1) is 0 Å². The Morgan fingerprint density at radius 2 is 1.62 bits per heavy atom. The average Bonchev–Trinajstić information content (AvgIpc) is 3.74. The lowest BCUT2D eigenvalue weighted by molar-refractivity contribution is -0.136. The molecule has 5 heterocycles. The first-order valence-corrected chi connectivity index (χ1v) is 18.1. The first kappa shape index (κ1) is 27.4. The van der Waals surface area contributed by atoms with Crippen LogP contribution in [0.15, 0.2) is 79.1 Å². The summed E-state index contributed by atoms with van der Waals surface area (Å²) in [6.45, 7) is -13.8. The molecule has 15 heteroatoms. The maximum atomic E-state index is 16.6. The second-order valence-electron chi connectivity index (χ2n) is 14.0. The highest BCUT2D eigenvalue weighted by Crippen LogP contribution is 2.40. The first-order chi connectivity index (χ1) is 30.2. The smallest absolute Gasteiger partial charge is 0.262 e. The number of halogens is 1. The number of rotatable bonds is 8. The molecule has 3 fully saturated rings. The average molecular weight is 766 g/mol. The monoisotopic (exact) mass is 765 g/mol. The predicted octanol–water partition coefficient (Wildman–Crippen LogP) is 4.77. The molecule has 3 aromatic carbocycles. The fraction of sp³-hybridized carbons (Fsp3) is 0.341. The number of piperidine rings is 1. The standard InChI is InChI=1S/C41H40FN9O5/c42-31-20-24(22-48-16-18-49(19-17-48)26-9-12-29-30(21-26)41(55)50(40(29)54)33-14-15-34(52)46-39(33)53)6-13-32(31)51-38-35(37(43)44-23-45-38)36(47-51)25-7-10-28(11-8-25)56-27-4-2-1-3-5-27/h1-5,7-12,21,23-24,31-33H,6,13-20,22H2,(H2,43,44,45)(H,46,52,53)/i16D2,17D2,18D2,19D2. The number of hydrogen-bond donors (Lipinski definition) is 2. The van der Waals surface area contributed by atoms with Gasteiger partial charge in [-0.05, 0) is 86.2 Å². The summed E-state index contributed by atoms with van der Waals surface area (Å²) in [5.74, 6) is -2.71. The summed E-state index contributed by atoms with van der Waals surface area (Å²) in [5, 5.41) is 7.27. The quantitative estimate of drug-likeness (QED) is 0.209. The number of amides is 4. The first-order valence-electron chi connectivity index (χ1n) is 22.1. The maximum absolute atomic E-state index is 16.6. The molecule has 4 aliphatic rings. The van der Waals surface area contributed by atoms with Crippen LogP contribution in [0.2, 0.25) is 0 Å². The van der Waals surface area contributed by atoms with Gasteiger partial charge in [-0.2, -0.15) is 5.10 Å². The number of ether oxygens (including phenoxy) is 1. The number of alkyl halides is 1. The molecule has 9 rings (SSSR count).